The smallest absolute Gasteiger partial charge is 0.235 e. The molecule has 34 heavy (non-hydrogen) atoms. The number of anilines is 3. The zero-order chi connectivity index (χ0) is 24.5. The summed E-state index contributed by atoms with van der Waals surface area (Å²) in [6, 6.07) is 7.84. The molecule has 1 aliphatic heterocycles. The Morgan fingerprint density at radius 2 is 2.09 bits per heavy atom. The Kier molecular flexibility index (Phi) is 7.20. The SMILES string of the molecule is CCC(C)(C)C[C@H]1C[C@H](Nc2nc(Nc3cc(C)[nH]n3)cc3ncccc23)C[C@@H](C)N1S(=O)O. The number of pyridine rings is 2. The molecule has 4 rings (SSSR count). The first-order valence-electron chi connectivity index (χ1n) is 11.9. The molecule has 0 saturated carbocycles. The minimum absolute atomic E-state index is 0.000221. The number of aryl methyl sites for hydroxylation is 1. The van der Waals surface area contributed by atoms with Gasteiger partial charge in [-0.05, 0) is 50.7 Å². The van der Waals surface area contributed by atoms with E-state index in [0.717, 1.165) is 48.1 Å². The van der Waals surface area contributed by atoms with Gasteiger partial charge in [0.25, 0.3) is 0 Å². The molecule has 10 heteroatoms. The van der Waals surface area contributed by atoms with Gasteiger partial charge in [0.05, 0.1) is 5.52 Å². The van der Waals surface area contributed by atoms with Crippen molar-refractivity contribution in [2.45, 2.75) is 78.4 Å². The van der Waals surface area contributed by atoms with E-state index in [4.69, 9.17) is 4.98 Å². The lowest BCUT2D eigenvalue weighted by molar-refractivity contribution is 0.129. The molecule has 0 bridgehead atoms. The molecule has 0 amide bonds. The van der Waals surface area contributed by atoms with Gasteiger partial charge in [-0.2, -0.15) is 9.40 Å². The van der Waals surface area contributed by atoms with Crippen LogP contribution in [0.5, 0.6) is 0 Å². The number of H-pyrrole nitrogens is 1. The second-order valence-corrected chi connectivity index (χ2v) is 11.0. The van der Waals surface area contributed by atoms with Crippen LogP contribution in [-0.2, 0) is 11.3 Å². The maximum absolute atomic E-state index is 12.2. The third-order valence-corrected chi connectivity index (χ3v) is 7.82. The third-order valence-electron chi connectivity index (χ3n) is 6.80. The number of piperidine rings is 1. The zero-order valence-corrected chi connectivity index (χ0v) is 21.3. The molecule has 4 N–H and O–H groups in total. The Morgan fingerprint density at radius 3 is 2.76 bits per heavy atom. The van der Waals surface area contributed by atoms with E-state index in [9.17, 15) is 8.76 Å². The molecule has 3 aromatic heterocycles. The number of hydrogen-bond donors (Lipinski definition) is 4. The molecular weight excluding hydrogens is 450 g/mol. The van der Waals surface area contributed by atoms with Gasteiger partial charge in [0.15, 0.2) is 5.82 Å². The number of fused-ring (bicyclic) bond motifs is 1. The average Bonchev–Trinajstić information content (AvgIpc) is 3.17. The van der Waals surface area contributed by atoms with Crippen LogP contribution in [0.1, 0.15) is 59.1 Å². The van der Waals surface area contributed by atoms with Crippen molar-refractivity contribution in [3.8, 4) is 0 Å². The second kappa shape index (κ2) is 9.97. The summed E-state index contributed by atoms with van der Waals surface area (Å²) in [6.07, 6.45) is 5.15. The molecule has 4 heterocycles. The van der Waals surface area contributed by atoms with Crippen molar-refractivity contribution < 1.29 is 8.76 Å². The number of aromatic amines is 1. The van der Waals surface area contributed by atoms with Gasteiger partial charge >= 0.3 is 0 Å². The molecule has 4 atom stereocenters. The molecule has 0 aromatic carbocycles. The Balaban J connectivity index is 1.62. The number of nitrogens with one attached hydrogen (secondary N) is 3. The molecule has 184 valence electrons. The minimum Gasteiger partial charge on any atom is -0.367 e. The van der Waals surface area contributed by atoms with Crippen molar-refractivity contribution in [3.05, 3.63) is 36.2 Å². The number of hydrogen-bond acceptors (Lipinski definition) is 6. The summed E-state index contributed by atoms with van der Waals surface area (Å²) in [5.74, 6) is 2.11. The van der Waals surface area contributed by atoms with Gasteiger partial charge in [0.2, 0.25) is 11.3 Å². The fraction of sp³-hybridized carbons (Fsp3) is 0.542. The first-order chi connectivity index (χ1) is 16.1. The van der Waals surface area contributed by atoms with Crippen LogP contribution in [0, 0.1) is 12.3 Å². The normalized spacial score (nSPS) is 22.6. The van der Waals surface area contributed by atoms with E-state index in [0.29, 0.717) is 11.6 Å². The fourth-order valence-electron chi connectivity index (χ4n) is 4.81. The molecule has 1 unspecified atom stereocenters. The fourth-order valence-corrected chi connectivity index (χ4v) is 5.62. The van der Waals surface area contributed by atoms with Gasteiger partial charge in [-0.1, -0.05) is 27.2 Å². The van der Waals surface area contributed by atoms with Crippen molar-refractivity contribution in [3.63, 3.8) is 0 Å². The lowest BCUT2D eigenvalue weighted by atomic mass is 9.79. The average molecular weight is 486 g/mol. The summed E-state index contributed by atoms with van der Waals surface area (Å²) >= 11 is -2.00. The third kappa shape index (κ3) is 5.56. The Labute approximate surface area is 203 Å². The standard InChI is InChI=1S/C24H35N7O2S/c1-6-24(4,5)14-18-12-17(11-16(3)31(18)34(32)33)26-23-19-8-7-9-25-20(19)13-21(28-23)27-22-10-15(2)29-30-22/h7-10,13,16-18H,6,11-12,14H2,1-5H3,(H,32,33)(H3,26,27,28,29,30)/t16-,17-,18-/m1/s1. The quantitative estimate of drug-likeness (QED) is 0.331. The highest BCUT2D eigenvalue weighted by molar-refractivity contribution is 7.76. The number of nitrogens with zero attached hydrogens (tertiary/aromatic N) is 4. The molecular formula is C24H35N7O2S. The maximum atomic E-state index is 12.2. The van der Waals surface area contributed by atoms with Gasteiger partial charge in [-0.15, -0.1) is 0 Å². The van der Waals surface area contributed by atoms with Crippen LogP contribution < -0.4 is 10.6 Å². The Hall–Kier alpha value is -2.56. The summed E-state index contributed by atoms with van der Waals surface area (Å²) in [4.78, 5) is 9.39. The molecule has 3 aromatic rings. The summed E-state index contributed by atoms with van der Waals surface area (Å²) in [6.45, 7) is 10.6. The first-order valence-corrected chi connectivity index (χ1v) is 12.9. The van der Waals surface area contributed by atoms with Crippen LogP contribution in [0.4, 0.5) is 17.5 Å². The van der Waals surface area contributed by atoms with E-state index < -0.39 is 11.3 Å². The molecule has 0 spiro atoms. The van der Waals surface area contributed by atoms with Gasteiger partial charge in [-0.3, -0.25) is 14.6 Å². The summed E-state index contributed by atoms with van der Waals surface area (Å²) in [5, 5.41) is 15.0. The van der Waals surface area contributed by atoms with Crippen LogP contribution in [0.2, 0.25) is 0 Å². The van der Waals surface area contributed by atoms with Crippen LogP contribution in [-0.4, -0.2) is 51.4 Å². The topological polar surface area (TPSA) is 119 Å². The Bertz CT molecular complexity index is 1170. The lowest BCUT2D eigenvalue weighted by Gasteiger charge is -2.44. The van der Waals surface area contributed by atoms with E-state index in [1.165, 1.54) is 0 Å². The minimum atomic E-state index is -2.00. The molecule has 9 nitrogen and oxygen atoms in total. The van der Waals surface area contributed by atoms with E-state index in [1.807, 2.05) is 38.1 Å². The van der Waals surface area contributed by atoms with Crippen molar-refractivity contribution in [1.29, 1.82) is 0 Å². The van der Waals surface area contributed by atoms with Crippen molar-refractivity contribution in [2.75, 3.05) is 10.6 Å². The molecule has 1 aliphatic rings. The van der Waals surface area contributed by atoms with Crippen LogP contribution >= 0.6 is 0 Å². The lowest BCUT2D eigenvalue weighted by Crippen LogP contribution is -2.53. The van der Waals surface area contributed by atoms with Crippen molar-refractivity contribution in [2.24, 2.45) is 5.41 Å². The van der Waals surface area contributed by atoms with Crippen molar-refractivity contribution >= 4 is 39.6 Å². The van der Waals surface area contributed by atoms with Gasteiger partial charge < -0.3 is 10.6 Å². The number of aromatic nitrogens is 4. The predicted molar refractivity (Wildman–Crippen MR) is 137 cm³/mol. The van der Waals surface area contributed by atoms with E-state index in [2.05, 4.69) is 46.6 Å². The van der Waals surface area contributed by atoms with E-state index in [1.54, 1.807) is 10.5 Å². The molecule has 1 fully saturated rings. The molecule has 0 aliphatic carbocycles. The summed E-state index contributed by atoms with van der Waals surface area (Å²) in [7, 11) is 0. The summed E-state index contributed by atoms with van der Waals surface area (Å²) in [5.41, 5.74) is 1.88. The van der Waals surface area contributed by atoms with Gasteiger partial charge in [0, 0.05) is 47.5 Å². The predicted octanol–water partition coefficient (Wildman–Crippen LogP) is 5.00. The maximum Gasteiger partial charge on any atom is 0.235 e. The second-order valence-electron chi connectivity index (χ2n) is 10.1. The first kappa shape index (κ1) is 24.6. The van der Waals surface area contributed by atoms with Crippen LogP contribution in [0.3, 0.4) is 0 Å². The highest BCUT2D eigenvalue weighted by atomic mass is 32.2. The van der Waals surface area contributed by atoms with Crippen LogP contribution in [0.25, 0.3) is 10.9 Å². The highest BCUT2D eigenvalue weighted by Gasteiger charge is 2.39. The van der Waals surface area contributed by atoms with Crippen LogP contribution in [0.15, 0.2) is 30.5 Å². The monoisotopic (exact) mass is 485 g/mol. The number of rotatable bonds is 8. The van der Waals surface area contributed by atoms with Crippen molar-refractivity contribution in [1.82, 2.24) is 24.5 Å². The van der Waals surface area contributed by atoms with E-state index >= 15 is 0 Å². The van der Waals surface area contributed by atoms with Gasteiger partial charge in [-0.25, -0.2) is 9.19 Å². The largest absolute Gasteiger partial charge is 0.367 e. The highest BCUT2D eigenvalue weighted by Crippen LogP contribution is 2.36. The molecule has 1 saturated heterocycles. The molecule has 0 radical (unpaired) electrons. The zero-order valence-electron chi connectivity index (χ0n) is 20.5. The van der Waals surface area contributed by atoms with E-state index in [-0.39, 0.29) is 23.5 Å². The van der Waals surface area contributed by atoms with Gasteiger partial charge in [0.1, 0.15) is 11.6 Å². The Morgan fingerprint density at radius 1 is 1.29 bits per heavy atom. The summed E-state index contributed by atoms with van der Waals surface area (Å²) < 4.78 is 24.0.